The Bertz CT molecular complexity index is 736. The Morgan fingerprint density at radius 1 is 1.12 bits per heavy atom. The number of carbonyl (C=O) groups is 1. The first-order valence-electron chi connectivity index (χ1n) is 8.78. The topological polar surface area (TPSA) is 58.6 Å². The third-order valence-corrected chi connectivity index (χ3v) is 4.42. The number of rotatable bonds is 8. The highest BCUT2D eigenvalue weighted by Crippen LogP contribution is 2.26. The molecule has 0 heterocycles. The van der Waals surface area contributed by atoms with Crippen LogP contribution in [0.4, 0.5) is 5.69 Å². The molecule has 5 heteroatoms. The molecule has 0 fully saturated rings. The smallest absolute Gasteiger partial charge is 0.337 e. The first-order valence-corrected chi connectivity index (χ1v) is 9.16. The molecule has 140 valence electrons. The summed E-state index contributed by atoms with van der Waals surface area (Å²) in [4.78, 5) is 11.2. The lowest BCUT2D eigenvalue weighted by Crippen LogP contribution is -2.11. The normalized spacial score (nSPS) is 11.2. The maximum Gasteiger partial charge on any atom is 0.337 e. The van der Waals surface area contributed by atoms with Crippen LogP contribution in [0.5, 0.6) is 5.75 Å². The maximum atomic E-state index is 11.2. The summed E-state index contributed by atoms with van der Waals surface area (Å²) in [6, 6.07) is 13.1. The van der Waals surface area contributed by atoms with Gasteiger partial charge in [-0.3, -0.25) is 0 Å². The number of ether oxygens (including phenoxy) is 1. The van der Waals surface area contributed by atoms with Gasteiger partial charge in [-0.1, -0.05) is 50.6 Å². The van der Waals surface area contributed by atoms with Gasteiger partial charge in [-0.05, 0) is 48.1 Å². The molecule has 2 rings (SSSR count). The third kappa shape index (κ3) is 5.67. The number of anilines is 1. The van der Waals surface area contributed by atoms with Crippen molar-refractivity contribution in [1.29, 1.82) is 0 Å². The van der Waals surface area contributed by atoms with Crippen LogP contribution in [-0.4, -0.2) is 24.2 Å². The van der Waals surface area contributed by atoms with Crippen molar-refractivity contribution >= 4 is 23.3 Å². The molecule has 0 spiro atoms. The highest BCUT2D eigenvalue weighted by molar-refractivity contribution is 6.34. The van der Waals surface area contributed by atoms with Crippen molar-refractivity contribution in [2.24, 2.45) is 0 Å². The van der Waals surface area contributed by atoms with Crippen LogP contribution in [-0.2, 0) is 5.41 Å². The minimum atomic E-state index is -0.989. The number of carboxylic acid groups (broad SMARTS) is 1. The van der Waals surface area contributed by atoms with E-state index in [9.17, 15) is 9.90 Å². The van der Waals surface area contributed by atoms with Crippen molar-refractivity contribution in [2.45, 2.75) is 39.0 Å². The van der Waals surface area contributed by atoms with Gasteiger partial charge in [0.1, 0.15) is 5.75 Å². The monoisotopic (exact) mass is 375 g/mol. The van der Waals surface area contributed by atoms with Crippen molar-refractivity contribution in [3.63, 3.8) is 0 Å². The molecule has 0 saturated carbocycles. The molecule has 0 saturated heterocycles. The van der Waals surface area contributed by atoms with Gasteiger partial charge in [-0.25, -0.2) is 4.79 Å². The summed E-state index contributed by atoms with van der Waals surface area (Å²) < 4.78 is 5.76. The molecule has 0 aliphatic carbocycles. The molecular weight excluding hydrogens is 350 g/mol. The average molecular weight is 376 g/mol. The summed E-state index contributed by atoms with van der Waals surface area (Å²) in [5, 5.41) is 12.7. The van der Waals surface area contributed by atoms with Crippen LogP contribution >= 0.6 is 11.6 Å². The second-order valence-corrected chi connectivity index (χ2v) is 7.63. The summed E-state index contributed by atoms with van der Waals surface area (Å²) >= 11 is 6.09. The molecule has 0 amide bonds. The molecule has 0 bridgehead atoms. The molecule has 0 aromatic heterocycles. The van der Waals surface area contributed by atoms with E-state index in [1.807, 2.05) is 12.1 Å². The maximum absolute atomic E-state index is 11.2. The lowest BCUT2D eigenvalue weighted by Gasteiger charge is -2.19. The summed E-state index contributed by atoms with van der Waals surface area (Å²) in [5.74, 6) is -0.123. The van der Waals surface area contributed by atoms with E-state index in [1.54, 1.807) is 18.2 Å². The van der Waals surface area contributed by atoms with Crippen LogP contribution in [0.3, 0.4) is 0 Å². The third-order valence-electron chi connectivity index (χ3n) is 4.11. The number of nitrogens with one attached hydrogen (secondary N) is 1. The van der Waals surface area contributed by atoms with Crippen LogP contribution in [0.25, 0.3) is 0 Å². The highest BCUT2D eigenvalue weighted by Gasteiger charge is 2.13. The molecule has 0 aliphatic rings. The molecule has 0 radical (unpaired) electrons. The van der Waals surface area contributed by atoms with Crippen molar-refractivity contribution in [1.82, 2.24) is 0 Å². The fourth-order valence-electron chi connectivity index (χ4n) is 2.56. The van der Waals surface area contributed by atoms with E-state index in [2.05, 4.69) is 38.2 Å². The fraction of sp³-hybridized carbons (Fsp3) is 0.381. The summed E-state index contributed by atoms with van der Waals surface area (Å²) in [6.45, 7) is 7.81. The predicted octanol–water partition coefficient (Wildman–Crippen LogP) is 5.61. The Hall–Kier alpha value is -2.20. The Balaban J connectivity index is 1.74. The first kappa shape index (κ1) is 20.1. The van der Waals surface area contributed by atoms with Crippen molar-refractivity contribution in [3.8, 4) is 5.75 Å². The van der Waals surface area contributed by atoms with Crippen LogP contribution in [0.1, 0.15) is 49.5 Å². The molecule has 0 aliphatic heterocycles. The molecule has 2 aromatic carbocycles. The number of unbranched alkanes of at least 4 members (excludes halogenated alkanes) is 1. The van der Waals surface area contributed by atoms with E-state index in [-0.39, 0.29) is 11.0 Å². The van der Waals surface area contributed by atoms with Gasteiger partial charge < -0.3 is 15.2 Å². The van der Waals surface area contributed by atoms with E-state index < -0.39 is 5.97 Å². The number of benzene rings is 2. The lowest BCUT2D eigenvalue weighted by atomic mass is 9.87. The highest BCUT2D eigenvalue weighted by atomic mass is 35.5. The fourth-order valence-corrected chi connectivity index (χ4v) is 2.81. The number of hydrogen-bond acceptors (Lipinski definition) is 3. The SMILES string of the molecule is CC(C)(C)c1ccc(OCCCCNc2c(Cl)cccc2C(=O)O)cc1. The molecule has 4 nitrogen and oxygen atoms in total. The van der Waals surface area contributed by atoms with Crippen molar-refractivity contribution in [3.05, 3.63) is 58.6 Å². The number of hydrogen-bond donors (Lipinski definition) is 2. The van der Waals surface area contributed by atoms with E-state index >= 15 is 0 Å². The quantitative estimate of drug-likeness (QED) is 0.589. The van der Waals surface area contributed by atoms with Gasteiger partial charge in [0.25, 0.3) is 0 Å². The van der Waals surface area contributed by atoms with E-state index in [4.69, 9.17) is 16.3 Å². The van der Waals surface area contributed by atoms with Crippen LogP contribution in [0.15, 0.2) is 42.5 Å². The molecular formula is C21H26ClNO3. The van der Waals surface area contributed by atoms with Gasteiger partial charge >= 0.3 is 5.97 Å². The summed E-state index contributed by atoms with van der Waals surface area (Å²) in [5.41, 5.74) is 2.08. The second kappa shape index (κ2) is 8.95. The molecule has 26 heavy (non-hydrogen) atoms. The molecule has 0 atom stereocenters. The number of carboxylic acids is 1. The molecule has 2 aromatic rings. The Morgan fingerprint density at radius 2 is 1.81 bits per heavy atom. The van der Waals surface area contributed by atoms with E-state index in [0.717, 1.165) is 18.6 Å². The number of halogens is 1. The first-order chi connectivity index (χ1) is 12.3. The molecule has 2 N–H and O–H groups in total. The zero-order valence-electron chi connectivity index (χ0n) is 15.5. The summed E-state index contributed by atoms with van der Waals surface area (Å²) in [6.07, 6.45) is 1.71. The zero-order chi connectivity index (χ0) is 19.2. The van der Waals surface area contributed by atoms with E-state index in [0.29, 0.717) is 23.9 Å². The van der Waals surface area contributed by atoms with Gasteiger partial charge in [0.15, 0.2) is 0 Å². The van der Waals surface area contributed by atoms with Gasteiger partial charge in [-0.15, -0.1) is 0 Å². The molecule has 0 unspecified atom stereocenters. The standard InChI is InChI=1S/C21H26ClNO3/c1-21(2,3)15-9-11-16(12-10-15)26-14-5-4-13-23-19-17(20(24)25)7-6-8-18(19)22/h6-12,23H,4-5,13-14H2,1-3H3,(H,24,25). The van der Waals surface area contributed by atoms with Crippen LogP contribution < -0.4 is 10.1 Å². The predicted molar refractivity (Wildman–Crippen MR) is 107 cm³/mol. The van der Waals surface area contributed by atoms with Gasteiger partial charge in [0, 0.05) is 6.54 Å². The van der Waals surface area contributed by atoms with Crippen molar-refractivity contribution in [2.75, 3.05) is 18.5 Å². The number of aromatic carboxylic acids is 1. The summed E-state index contributed by atoms with van der Waals surface area (Å²) in [7, 11) is 0. The van der Waals surface area contributed by atoms with Gasteiger partial charge in [0.05, 0.1) is 22.9 Å². The Kier molecular flexibility index (Phi) is 6.92. The number of para-hydroxylation sites is 1. The Labute approximate surface area is 160 Å². The van der Waals surface area contributed by atoms with Crippen LogP contribution in [0.2, 0.25) is 5.02 Å². The van der Waals surface area contributed by atoms with Crippen molar-refractivity contribution < 1.29 is 14.6 Å². The largest absolute Gasteiger partial charge is 0.494 e. The van der Waals surface area contributed by atoms with Gasteiger partial charge in [-0.2, -0.15) is 0 Å². The Morgan fingerprint density at radius 3 is 2.42 bits per heavy atom. The average Bonchev–Trinajstić information content (AvgIpc) is 2.58. The second-order valence-electron chi connectivity index (χ2n) is 7.22. The minimum Gasteiger partial charge on any atom is -0.494 e. The zero-order valence-corrected chi connectivity index (χ0v) is 16.3. The minimum absolute atomic E-state index is 0.137. The lowest BCUT2D eigenvalue weighted by molar-refractivity contribution is 0.0698. The van der Waals surface area contributed by atoms with Crippen LogP contribution in [0, 0.1) is 0 Å². The van der Waals surface area contributed by atoms with Gasteiger partial charge in [0.2, 0.25) is 0 Å². The van der Waals surface area contributed by atoms with E-state index in [1.165, 1.54) is 5.56 Å².